The Balaban J connectivity index is 1.71. The van der Waals surface area contributed by atoms with Crippen molar-refractivity contribution in [2.24, 2.45) is 0 Å². The Labute approximate surface area is 161 Å². The number of carbonyl (C=O) groups excluding carboxylic acids is 1. The molecule has 3 aromatic rings. The smallest absolute Gasteiger partial charge is 0.243 e. The van der Waals surface area contributed by atoms with Crippen LogP contribution in [0.2, 0.25) is 0 Å². The zero-order chi connectivity index (χ0) is 19.4. The van der Waals surface area contributed by atoms with Gasteiger partial charge in [0.1, 0.15) is 11.3 Å². The molecule has 0 radical (unpaired) electrons. The monoisotopic (exact) mass is 387 g/mol. The van der Waals surface area contributed by atoms with Crippen molar-refractivity contribution < 1.29 is 19.0 Å². The van der Waals surface area contributed by atoms with Crippen molar-refractivity contribution >= 4 is 38.3 Å². The molecule has 0 saturated heterocycles. The summed E-state index contributed by atoms with van der Waals surface area (Å²) in [5.74, 6) is 1.73. The summed E-state index contributed by atoms with van der Waals surface area (Å²) in [7, 11) is 6.57. The molecule has 0 unspecified atom stereocenters. The number of hydrogen-bond donors (Lipinski definition) is 1. The van der Waals surface area contributed by atoms with Gasteiger partial charge in [-0.2, -0.15) is 0 Å². The summed E-state index contributed by atoms with van der Waals surface area (Å²) in [6, 6.07) is 11.0. The van der Waals surface area contributed by atoms with Crippen LogP contribution in [0.25, 0.3) is 10.2 Å². The van der Waals surface area contributed by atoms with Gasteiger partial charge in [0, 0.05) is 18.8 Å². The van der Waals surface area contributed by atoms with Crippen LogP contribution in [0.15, 0.2) is 36.4 Å². The molecule has 0 fully saturated rings. The predicted molar refractivity (Wildman–Crippen MR) is 108 cm³/mol. The van der Waals surface area contributed by atoms with Gasteiger partial charge in [0.15, 0.2) is 16.6 Å². The SMILES string of the molecule is COc1ccc(NC(=O)CN(C)c2nc3c(OC)cccc3s2)cc1OC. The fraction of sp³-hybridized carbons (Fsp3) is 0.263. The van der Waals surface area contributed by atoms with E-state index < -0.39 is 0 Å². The summed E-state index contributed by atoms with van der Waals surface area (Å²) in [6.45, 7) is 0.163. The number of nitrogens with one attached hydrogen (secondary N) is 1. The number of ether oxygens (including phenoxy) is 3. The lowest BCUT2D eigenvalue weighted by molar-refractivity contribution is -0.114. The van der Waals surface area contributed by atoms with Crippen LogP contribution >= 0.6 is 11.3 Å². The van der Waals surface area contributed by atoms with Gasteiger partial charge in [-0.15, -0.1) is 0 Å². The number of para-hydroxylation sites is 1. The molecule has 0 aliphatic heterocycles. The first-order valence-corrected chi connectivity index (χ1v) is 9.04. The molecule has 27 heavy (non-hydrogen) atoms. The molecular formula is C19H21N3O4S. The van der Waals surface area contributed by atoms with Gasteiger partial charge in [0.2, 0.25) is 5.91 Å². The minimum atomic E-state index is -0.157. The second-order valence-electron chi connectivity index (χ2n) is 5.78. The maximum Gasteiger partial charge on any atom is 0.243 e. The molecule has 8 heteroatoms. The molecule has 1 heterocycles. The molecule has 3 rings (SSSR count). The number of aromatic nitrogens is 1. The van der Waals surface area contributed by atoms with Crippen molar-refractivity contribution in [1.29, 1.82) is 0 Å². The van der Waals surface area contributed by atoms with Gasteiger partial charge >= 0.3 is 0 Å². The second-order valence-corrected chi connectivity index (χ2v) is 6.79. The zero-order valence-electron chi connectivity index (χ0n) is 15.6. The van der Waals surface area contributed by atoms with Gasteiger partial charge in [-0.05, 0) is 24.3 Å². The van der Waals surface area contributed by atoms with E-state index in [1.807, 2.05) is 25.2 Å². The maximum absolute atomic E-state index is 12.4. The molecule has 7 nitrogen and oxygen atoms in total. The van der Waals surface area contributed by atoms with Crippen LogP contribution in [-0.2, 0) is 4.79 Å². The molecule has 0 atom stereocenters. The number of rotatable bonds is 7. The molecule has 0 spiro atoms. The molecule has 0 saturated carbocycles. The molecule has 1 aromatic heterocycles. The number of benzene rings is 2. The number of fused-ring (bicyclic) bond motifs is 1. The first kappa shape index (κ1) is 18.8. The predicted octanol–water partition coefficient (Wildman–Crippen LogP) is 3.40. The number of amides is 1. The van der Waals surface area contributed by atoms with E-state index in [1.165, 1.54) is 11.3 Å². The third kappa shape index (κ3) is 4.06. The van der Waals surface area contributed by atoms with Crippen LogP contribution in [0.5, 0.6) is 17.2 Å². The van der Waals surface area contributed by atoms with Crippen molar-refractivity contribution in [2.45, 2.75) is 0 Å². The summed E-state index contributed by atoms with van der Waals surface area (Å²) < 4.78 is 16.8. The fourth-order valence-corrected chi connectivity index (χ4v) is 3.58. The standard InChI is InChI=1S/C19H21N3O4S/c1-22(19-21-18-14(25-3)6-5-7-16(18)27-19)11-17(23)20-12-8-9-13(24-2)15(10-12)26-4/h5-10H,11H2,1-4H3,(H,20,23). The summed E-state index contributed by atoms with van der Waals surface area (Å²) in [4.78, 5) is 18.8. The molecule has 2 aromatic carbocycles. The minimum absolute atomic E-state index is 0.157. The average molecular weight is 387 g/mol. The van der Waals surface area contributed by atoms with Crippen molar-refractivity contribution in [2.75, 3.05) is 45.1 Å². The lowest BCUT2D eigenvalue weighted by Crippen LogP contribution is -2.29. The average Bonchev–Trinajstić information content (AvgIpc) is 3.12. The number of hydrogen-bond acceptors (Lipinski definition) is 7. The van der Waals surface area contributed by atoms with Gasteiger partial charge in [-0.25, -0.2) is 4.98 Å². The Morgan fingerprint density at radius 2 is 1.81 bits per heavy atom. The summed E-state index contributed by atoms with van der Waals surface area (Å²) in [5, 5.41) is 3.61. The van der Waals surface area contributed by atoms with Gasteiger partial charge in [0.05, 0.1) is 32.6 Å². The maximum atomic E-state index is 12.4. The van der Waals surface area contributed by atoms with Gasteiger partial charge < -0.3 is 24.4 Å². The van der Waals surface area contributed by atoms with Crippen LogP contribution in [0.4, 0.5) is 10.8 Å². The number of methoxy groups -OCH3 is 3. The van der Waals surface area contributed by atoms with Crippen LogP contribution in [0.1, 0.15) is 0 Å². The molecule has 0 aliphatic rings. The van der Waals surface area contributed by atoms with Crippen LogP contribution in [0, 0.1) is 0 Å². The highest BCUT2D eigenvalue weighted by molar-refractivity contribution is 7.22. The van der Waals surface area contributed by atoms with E-state index in [4.69, 9.17) is 14.2 Å². The second kappa shape index (κ2) is 8.13. The molecule has 1 amide bonds. The minimum Gasteiger partial charge on any atom is -0.494 e. The third-order valence-corrected chi connectivity index (χ3v) is 5.10. The number of nitrogens with zero attached hydrogens (tertiary/aromatic N) is 2. The normalized spacial score (nSPS) is 10.5. The molecular weight excluding hydrogens is 366 g/mol. The highest BCUT2D eigenvalue weighted by atomic mass is 32.1. The first-order chi connectivity index (χ1) is 13.0. The zero-order valence-corrected chi connectivity index (χ0v) is 16.4. The van der Waals surface area contributed by atoms with Crippen LogP contribution in [-0.4, -0.2) is 45.8 Å². The molecule has 0 aliphatic carbocycles. The number of thiazole rings is 1. The van der Waals surface area contributed by atoms with E-state index in [-0.39, 0.29) is 12.5 Å². The van der Waals surface area contributed by atoms with E-state index in [2.05, 4.69) is 10.3 Å². The molecule has 142 valence electrons. The highest BCUT2D eigenvalue weighted by Crippen LogP contribution is 2.33. The lowest BCUT2D eigenvalue weighted by Gasteiger charge is -2.16. The Bertz CT molecular complexity index is 957. The summed E-state index contributed by atoms with van der Waals surface area (Å²) in [5.41, 5.74) is 1.43. The van der Waals surface area contributed by atoms with E-state index in [0.717, 1.165) is 21.1 Å². The Kier molecular flexibility index (Phi) is 5.66. The first-order valence-electron chi connectivity index (χ1n) is 8.22. The van der Waals surface area contributed by atoms with E-state index in [9.17, 15) is 4.79 Å². The topological polar surface area (TPSA) is 72.9 Å². The fourth-order valence-electron chi connectivity index (χ4n) is 2.64. The Morgan fingerprint density at radius 1 is 1.07 bits per heavy atom. The van der Waals surface area contributed by atoms with Gasteiger partial charge in [-0.3, -0.25) is 4.79 Å². The van der Waals surface area contributed by atoms with Crippen molar-refractivity contribution in [1.82, 2.24) is 4.98 Å². The van der Waals surface area contributed by atoms with Crippen molar-refractivity contribution in [3.8, 4) is 17.2 Å². The quantitative estimate of drug-likeness (QED) is 0.670. The van der Waals surface area contributed by atoms with Crippen LogP contribution < -0.4 is 24.4 Å². The largest absolute Gasteiger partial charge is 0.494 e. The van der Waals surface area contributed by atoms with Gasteiger partial charge in [0.25, 0.3) is 0 Å². The number of anilines is 2. The summed E-state index contributed by atoms with van der Waals surface area (Å²) in [6.07, 6.45) is 0. The highest BCUT2D eigenvalue weighted by Gasteiger charge is 2.15. The van der Waals surface area contributed by atoms with Crippen molar-refractivity contribution in [3.05, 3.63) is 36.4 Å². The Morgan fingerprint density at radius 3 is 2.52 bits per heavy atom. The van der Waals surface area contributed by atoms with Gasteiger partial charge in [-0.1, -0.05) is 17.4 Å². The van der Waals surface area contributed by atoms with E-state index >= 15 is 0 Å². The number of likely N-dealkylation sites (N-methyl/N-ethyl adjacent to an activating group) is 1. The number of carbonyl (C=O) groups is 1. The molecule has 0 bridgehead atoms. The summed E-state index contributed by atoms with van der Waals surface area (Å²) >= 11 is 1.51. The molecule has 1 N–H and O–H groups in total. The van der Waals surface area contributed by atoms with E-state index in [0.29, 0.717) is 17.2 Å². The third-order valence-electron chi connectivity index (χ3n) is 3.97. The van der Waals surface area contributed by atoms with Crippen molar-refractivity contribution in [3.63, 3.8) is 0 Å². The lowest BCUT2D eigenvalue weighted by atomic mass is 10.2. The van der Waals surface area contributed by atoms with E-state index in [1.54, 1.807) is 44.4 Å². The Hall–Kier alpha value is -3.00. The van der Waals surface area contributed by atoms with Crippen LogP contribution in [0.3, 0.4) is 0 Å².